The first-order valence-electron chi connectivity index (χ1n) is 6.88. The van der Waals surface area contributed by atoms with Gasteiger partial charge >= 0.3 is 0 Å². The number of nitrogens with zero attached hydrogens (tertiary/aromatic N) is 1. The van der Waals surface area contributed by atoms with Crippen molar-refractivity contribution in [3.8, 4) is 6.07 Å². The van der Waals surface area contributed by atoms with E-state index < -0.39 is 0 Å². The van der Waals surface area contributed by atoms with Crippen molar-refractivity contribution < 1.29 is 4.79 Å². The number of benzene rings is 1. The summed E-state index contributed by atoms with van der Waals surface area (Å²) < 4.78 is 0. The Morgan fingerprint density at radius 3 is 2.38 bits per heavy atom. The van der Waals surface area contributed by atoms with Crippen LogP contribution < -0.4 is 10.6 Å². The summed E-state index contributed by atoms with van der Waals surface area (Å²) in [6.07, 6.45) is 0.373. The van der Waals surface area contributed by atoms with Gasteiger partial charge in [-0.3, -0.25) is 4.79 Å². The standard InChI is InChI=1S/C17H19N3O/c1-10-6-5-7-11(2)16(10)20-17(21)15-8-14(9-18)12(3)19-13(15)4/h5-7,19H,8H2,1-4H3,(H,20,21). The van der Waals surface area contributed by atoms with E-state index in [4.69, 9.17) is 5.26 Å². The second-order valence-corrected chi connectivity index (χ2v) is 5.34. The Morgan fingerprint density at radius 1 is 1.19 bits per heavy atom. The first-order valence-corrected chi connectivity index (χ1v) is 6.88. The Kier molecular flexibility index (Phi) is 4.13. The molecule has 2 N–H and O–H groups in total. The minimum absolute atomic E-state index is 0.155. The largest absolute Gasteiger partial charge is 0.362 e. The molecule has 0 saturated heterocycles. The average molecular weight is 281 g/mol. The summed E-state index contributed by atoms with van der Waals surface area (Å²) in [7, 11) is 0. The molecule has 0 saturated carbocycles. The van der Waals surface area contributed by atoms with Gasteiger partial charge in [0.2, 0.25) is 0 Å². The second kappa shape index (κ2) is 5.84. The molecule has 0 aliphatic carbocycles. The lowest BCUT2D eigenvalue weighted by atomic mass is 9.98. The maximum atomic E-state index is 12.5. The van der Waals surface area contributed by atoms with Crippen molar-refractivity contribution in [3.05, 3.63) is 51.9 Å². The van der Waals surface area contributed by atoms with Gasteiger partial charge in [-0.1, -0.05) is 18.2 Å². The zero-order chi connectivity index (χ0) is 15.6. The third kappa shape index (κ3) is 2.97. The molecule has 0 radical (unpaired) electrons. The quantitative estimate of drug-likeness (QED) is 0.874. The highest BCUT2D eigenvalue weighted by Gasteiger charge is 2.21. The lowest BCUT2D eigenvalue weighted by Gasteiger charge is -2.21. The van der Waals surface area contributed by atoms with Crippen LogP contribution in [0.15, 0.2) is 40.7 Å². The van der Waals surface area contributed by atoms with E-state index in [0.29, 0.717) is 17.6 Å². The summed E-state index contributed by atoms with van der Waals surface area (Å²) in [6, 6.07) is 8.05. The Balaban J connectivity index is 2.26. The molecule has 0 spiro atoms. The van der Waals surface area contributed by atoms with Crippen molar-refractivity contribution in [2.75, 3.05) is 5.32 Å². The van der Waals surface area contributed by atoms with Gasteiger partial charge in [0.1, 0.15) is 0 Å². The van der Waals surface area contributed by atoms with E-state index in [-0.39, 0.29) is 5.91 Å². The molecule has 1 aliphatic heterocycles. The summed E-state index contributed by atoms with van der Waals surface area (Å²) in [5.74, 6) is -0.155. The SMILES string of the molecule is CC1=C(C#N)CC(C(=O)Nc2c(C)cccc2C)=C(C)N1. The zero-order valence-corrected chi connectivity index (χ0v) is 12.8. The first kappa shape index (κ1) is 14.9. The van der Waals surface area contributed by atoms with Crippen LogP contribution in [0.2, 0.25) is 0 Å². The number of allylic oxidation sites excluding steroid dienone is 3. The average Bonchev–Trinajstić information content (AvgIpc) is 2.43. The molecule has 1 aromatic rings. The monoisotopic (exact) mass is 281 g/mol. The van der Waals surface area contributed by atoms with Crippen LogP contribution in [0.3, 0.4) is 0 Å². The second-order valence-electron chi connectivity index (χ2n) is 5.34. The number of para-hydroxylation sites is 1. The summed E-state index contributed by atoms with van der Waals surface area (Å²) in [5, 5.41) is 15.2. The number of carbonyl (C=O) groups is 1. The highest BCUT2D eigenvalue weighted by molar-refractivity contribution is 6.05. The van der Waals surface area contributed by atoms with Gasteiger partial charge < -0.3 is 10.6 Å². The summed E-state index contributed by atoms with van der Waals surface area (Å²) in [5.41, 5.74) is 5.73. The van der Waals surface area contributed by atoms with Crippen LogP contribution in [-0.2, 0) is 4.79 Å². The lowest BCUT2D eigenvalue weighted by molar-refractivity contribution is -0.113. The molecular weight excluding hydrogens is 262 g/mol. The van der Waals surface area contributed by atoms with Crippen molar-refractivity contribution >= 4 is 11.6 Å². The fraction of sp³-hybridized carbons (Fsp3) is 0.294. The lowest BCUT2D eigenvalue weighted by Crippen LogP contribution is -2.25. The zero-order valence-electron chi connectivity index (χ0n) is 12.8. The van der Waals surface area contributed by atoms with E-state index in [1.54, 1.807) is 0 Å². The van der Waals surface area contributed by atoms with Crippen molar-refractivity contribution in [2.24, 2.45) is 0 Å². The topological polar surface area (TPSA) is 64.9 Å². The Bertz CT molecular complexity index is 685. The first-order chi connectivity index (χ1) is 9.93. The third-order valence-corrected chi connectivity index (χ3v) is 3.76. The molecule has 21 heavy (non-hydrogen) atoms. The fourth-order valence-electron chi connectivity index (χ4n) is 2.45. The molecule has 1 aliphatic rings. The number of rotatable bonds is 2. The fourth-order valence-corrected chi connectivity index (χ4v) is 2.45. The highest BCUT2D eigenvalue weighted by Crippen LogP contribution is 2.25. The van der Waals surface area contributed by atoms with Crippen LogP contribution in [0.5, 0.6) is 0 Å². The molecular formula is C17H19N3O. The molecule has 108 valence electrons. The van der Waals surface area contributed by atoms with E-state index >= 15 is 0 Å². The van der Waals surface area contributed by atoms with Gasteiger partial charge in [-0.2, -0.15) is 5.26 Å². The number of hydrogen-bond donors (Lipinski definition) is 2. The van der Waals surface area contributed by atoms with Gasteiger partial charge in [0.25, 0.3) is 5.91 Å². The molecule has 1 aromatic carbocycles. The van der Waals surface area contributed by atoms with Crippen molar-refractivity contribution in [2.45, 2.75) is 34.1 Å². The van der Waals surface area contributed by atoms with Gasteiger partial charge in [-0.05, 0) is 38.8 Å². The van der Waals surface area contributed by atoms with Crippen LogP contribution in [-0.4, -0.2) is 5.91 Å². The van der Waals surface area contributed by atoms with Gasteiger partial charge in [0, 0.05) is 29.1 Å². The maximum Gasteiger partial charge on any atom is 0.253 e. The number of dihydropyridines is 1. The van der Waals surface area contributed by atoms with Crippen molar-refractivity contribution in [1.82, 2.24) is 5.32 Å². The molecule has 4 heteroatoms. The third-order valence-electron chi connectivity index (χ3n) is 3.76. The van der Waals surface area contributed by atoms with Crippen LogP contribution in [0.1, 0.15) is 31.4 Å². The number of carbonyl (C=O) groups excluding carboxylic acids is 1. The predicted molar refractivity (Wildman–Crippen MR) is 83.3 cm³/mol. The molecule has 4 nitrogen and oxygen atoms in total. The number of aryl methyl sites for hydroxylation is 2. The van der Waals surface area contributed by atoms with Crippen LogP contribution in [0.25, 0.3) is 0 Å². The van der Waals surface area contributed by atoms with Crippen LogP contribution in [0, 0.1) is 25.2 Å². The number of nitrogens with one attached hydrogen (secondary N) is 2. The molecule has 0 fully saturated rings. The van der Waals surface area contributed by atoms with E-state index in [0.717, 1.165) is 28.2 Å². The van der Waals surface area contributed by atoms with E-state index in [9.17, 15) is 4.79 Å². The minimum Gasteiger partial charge on any atom is -0.362 e. The molecule has 0 atom stereocenters. The Hall–Kier alpha value is -2.54. The molecule has 0 unspecified atom stereocenters. The van der Waals surface area contributed by atoms with E-state index in [1.807, 2.05) is 45.9 Å². The van der Waals surface area contributed by atoms with E-state index in [2.05, 4.69) is 16.7 Å². The van der Waals surface area contributed by atoms with Crippen molar-refractivity contribution in [3.63, 3.8) is 0 Å². The summed E-state index contributed by atoms with van der Waals surface area (Å²) in [4.78, 5) is 12.5. The molecule has 0 bridgehead atoms. The summed E-state index contributed by atoms with van der Waals surface area (Å²) >= 11 is 0. The molecule has 0 aromatic heterocycles. The van der Waals surface area contributed by atoms with Crippen LogP contribution in [0.4, 0.5) is 5.69 Å². The van der Waals surface area contributed by atoms with Gasteiger partial charge in [0.15, 0.2) is 0 Å². The Labute approximate surface area is 125 Å². The minimum atomic E-state index is -0.155. The van der Waals surface area contributed by atoms with Crippen molar-refractivity contribution in [1.29, 1.82) is 5.26 Å². The maximum absolute atomic E-state index is 12.5. The smallest absolute Gasteiger partial charge is 0.253 e. The Morgan fingerprint density at radius 2 is 1.81 bits per heavy atom. The van der Waals surface area contributed by atoms with Crippen LogP contribution >= 0.6 is 0 Å². The van der Waals surface area contributed by atoms with Gasteiger partial charge in [0.05, 0.1) is 11.6 Å². The van der Waals surface area contributed by atoms with Gasteiger partial charge in [-0.15, -0.1) is 0 Å². The van der Waals surface area contributed by atoms with E-state index in [1.165, 1.54) is 0 Å². The number of hydrogen-bond acceptors (Lipinski definition) is 3. The summed E-state index contributed by atoms with van der Waals surface area (Å²) in [6.45, 7) is 7.64. The number of nitriles is 1. The highest BCUT2D eigenvalue weighted by atomic mass is 16.1. The molecule has 2 rings (SSSR count). The number of anilines is 1. The predicted octanol–water partition coefficient (Wildman–Crippen LogP) is 3.31. The number of amides is 1. The van der Waals surface area contributed by atoms with Gasteiger partial charge in [-0.25, -0.2) is 0 Å². The normalized spacial score (nSPS) is 14.6. The molecule has 1 amide bonds. The molecule has 1 heterocycles.